The Balaban J connectivity index is 2.32. The number of nitrogens with zero attached hydrogens (tertiary/aromatic N) is 2. The van der Waals surface area contributed by atoms with Crippen LogP contribution in [0.2, 0.25) is 0 Å². The molecule has 74 valence electrons. The van der Waals surface area contributed by atoms with Crippen LogP contribution >= 0.6 is 0 Å². The Morgan fingerprint density at radius 1 is 1.14 bits per heavy atom. The predicted molar refractivity (Wildman–Crippen MR) is 59.9 cm³/mol. The second kappa shape index (κ2) is 3.46. The summed E-state index contributed by atoms with van der Waals surface area (Å²) in [6.45, 7) is 4.35. The van der Waals surface area contributed by atoms with Gasteiger partial charge in [0.15, 0.2) is 0 Å². The lowest BCUT2D eigenvalue weighted by atomic mass is 10.3. The third-order valence-electron chi connectivity index (χ3n) is 2.72. The molecule has 14 heavy (non-hydrogen) atoms. The standard InChI is InChI=1S/C12H16N2/c1-10-9-11(2)14(13(10)3)12-7-5-4-6-8-12/h4-10H,1-3H3. The van der Waals surface area contributed by atoms with Gasteiger partial charge in [0.2, 0.25) is 0 Å². The summed E-state index contributed by atoms with van der Waals surface area (Å²) in [6, 6.07) is 10.9. The number of allylic oxidation sites excluding steroid dienone is 1. The zero-order valence-electron chi connectivity index (χ0n) is 8.94. The molecule has 0 aromatic heterocycles. The highest BCUT2D eigenvalue weighted by Crippen LogP contribution is 2.27. The molecule has 2 nitrogen and oxygen atoms in total. The lowest BCUT2D eigenvalue weighted by molar-refractivity contribution is 0.317. The first-order chi connectivity index (χ1) is 6.70. The van der Waals surface area contributed by atoms with Crippen molar-refractivity contribution in [2.24, 2.45) is 0 Å². The second-order valence-electron chi connectivity index (χ2n) is 3.77. The molecule has 0 amide bonds. The first-order valence-corrected chi connectivity index (χ1v) is 4.96. The van der Waals surface area contributed by atoms with Gasteiger partial charge in [-0.1, -0.05) is 18.2 Å². The number of benzene rings is 1. The fourth-order valence-electron chi connectivity index (χ4n) is 1.91. The molecule has 1 aliphatic rings. The van der Waals surface area contributed by atoms with E-state index in [-0.39, 0.29) is 0 Å². The van der Waals surface area contributed by atoms with Crippen LogP contribution in [0, 0.1) is 0 Å². The van der Waals surface area contributed by atoms with Crippen LogP contribution in [0.25, 0.3) is 0 Å². The first kappa shape index (κ1) is 9.28. The largest absolute Gasteiger partial charge is 0.279 e. The van der Waals surface area contributed by atoms with Crippen LogP contribution in [0.3, 0.4) is 0 Å². The number of hydrogen-bond donors (Lipinski definition) is 0. The molecule has 0 saturated heterocycles. The van der Waals surface area contributed by atoms with Crippen LogP contribution in [0.5, 0.6) is 0 Å². The van der Waals surface area contributed by atoms with Gasteiger partial charge in [-0.2, -0.15) is 0 Å². The zero-order chi connectivity index (χ0) is 10.1. The minimum atomic E-state index is 0.482. The highest BCUT2D eigenvalue weighted by atomic mass is 15.6. The van der Waals surface area contributed by atoms with E-state index in [1.807, 2.05) is 6.07 Å². The van der Waals surface area contributed by atoms with Gasteiger partial charge in [0.05, 0.1) is 5.69 Å². The summed E-state index contributed by atoms with van der Waals surface area (Å²) in [5.41, 5.74) is 2.53. The van der Waals surface area contributed by atoms with Crippen molar-refractivity contribution in [2.75, 3.05) is 12.1 Å². The van der Waals surface area contributed by atoms with Crippen molar-refractivity contribution in [3.63, 3.8) is 0 Å². The highest BCUT2D eigenvalue weighted by molar-refractivity contribution is 5.52. The van der Waals surface area contributed by atoms with Crippen LogP contribution in [0.1, 0.15) is 13.8 Å². The highest BCUT2D eigenvalue weighted by Gasteiger charge is 2.24. The van der Waals surface area contributed by atoms with Crippen LogP contribution < -0.4 is 5.01 Å². The molecule has 0 aliphatic carbocycles. The maximum Gasteiger partial charge on any atom is 0.0576 e. The van der Waals surface area contributed by atoms with E-state index >= 15 is 0 Å². The fourth-order valence-corrected chi connectivity index (χ4v) is 1.91. The summed E-state index contributed by atoms with van der Waals surface area (Å²) < 4.78 is 0. The molecule has 1 unspecified atom stereocenters. The molecule has 0 fully saturated rings. The fraction of sp³-hybridized carbons (Fsp3) is 0.333. The average molecular weight is 188 g/mol. The minimum Gasteiger partial charge on any atom is -0.279 e. The maximum absolute atomic E-state index is 2.27. The van der Waals surface area contributed by atoms with Gasteiger partial charge in [0, 0.05) is 18.8 Å². The van der Waals surface area contributed by atoms with Gasteiger partial charge in [-0.3, -0.25) is 5.01 Å². The van der Waals surface area contributed by atoms with Gasteiger partial charge in [-0.25, -0.2) is 5.01 Å². The number of anilines is 1. The molecule has 2 heteroatoms. The molecular weight excluding hydrogens is 172 g/mol. The Labute approximate surface area is 85.4 Å². The first-order valence-electron chi connectivity index (χ1n) is 4.96. The molecule has 1 atom stereocenters. The molecular formula is C12H16N2. The zero-order valence-corrected chi connectivity index (χ0v) is 8.94. The van der Waals surface area contributed by atoms with E-state index in [4.69, 9.17) is 0 Å². The number of likely N-dealkylation sites (N-methyl/N-ethyl adjacent to an activating group) is 1. The molecule has 0 saturated carbocycles. The van der Waals surface area contributed by atoms with Crippen molar-refractivity contribution in [1.29, 1.82) is 0 Å². The van der Waals surface area contributed by atoms with Crippen LogP contribution in [-0.4, -0.2) is 18.1 Å². The normalized spacial score (nSPS) is 22.6. The lowest BCUT2D eigenvalue weighted by Gasteiger charge is -2.30. The van der Waals surface area contributed by atoms with Gasteiger partial charge in [0.25, 0.3) is 0 Å². The van der Waals surface area contributed by atoms with E-state index in [0.717, 1.165) is 0 Å². The number of hydrogen-bond acceptors (Lipinski definition) is 2. The van der Waals surface area contributed by atoms with E-state index in [1.165, 1.54) is 11.4 Å². The van der Waals surface area contributed by atoms with Gasteiger partial charge >= 0.3 is 0 Å². The van der Waals surface area contributed by atoms with Gasteiger partial charge < -0.3 is 0 Å². The topological polar surface area (TPSA) is 6.48 Å². The second-order valence-corrected chi connectivity index (χ2v) is 3.77. The molecule has 0 bridgehead atoms. The number of para-hydroxylation sites is 1. The van der Waals surface area contributed by atoms with Crippen LogP contribution in [0.15, 0.2) is 42.1 Å². The van der Waals surface area contributed by atoms with Crippen molar-refractivity contribution in [3.05, 3.63) is 42.1 Å². The van der Waals surface area contributed by atoms with E-state index in [0.29, 0.717) is 6.04 Å². The van der Waals surface area contributed by atoms with Gasteiger partial charge in [-0.05, 0) is 32.1 Å². The van der Waals surface area contributed by atoms with Crippen molar-refractivity contribution >= 4 is 5.69 Å². The summed E-state index contributed by atoms with van der Waals surface area (Å²) in [5, 5.41) is 4.48. The van der Waals surface area contributed by atoms with Crippen LogP contribution in [0.4, 0.5) is 5.69 Å². The van der Waals surface area contributed by atoms with E-state index in [1.54, 1.807) is 0 Å². The Bertz CT molecular complexity index is 343. The quantitative estimate of drug-likeness (QED) is 0.668. The molecule has 2 rings (SSSR count). The average Bonchev–Trinajstić information content (AvgIpc) is 2.43. The minimum absolute atomic E-state index is 0.482. The van der Waals surface area contributed by atoms with E-state index < -0.39 is 0 Å². The van der Waals surface area contributed by atoms with E-state index in [2.05, 4.69) is 61.3 Å². The summed E-state index contributed by atoms with van der Waals surface area (Å²) in [7, 11) is 2.12. The molecule has 1 aliphatic heterocycles. The van der Waals surface area contributed by atoms with Crippen molar-refractivity contribution in [2.45, 2.75) is 19.9 Å². The SMILES string of the molecule is CC1=CC(C)N(C)N1c1ccccc1. The molecule has 1 aromatic carbocycles. The molecule has 0 N–H and O–H groups in total. The van der Waals surface area contributed by atoms with E-state index in [9.17, 15) is 0 Å². The van der Waals surface area contributed by atoms with Gasteiger partial charge in [0.1, 0.15) is 0 Å². The third kappa shape index (κ3) is 1.42. The van der Waals surface area contributed by atoms with Gasteiger partial charge in [-0.15, -0.1) is 0 Å². The Hall–Kier alpha value is -1.28. The monoisotopic (exact) mass is 188 g/mol. The predicted octanol–water partition coefficient (Wildman–Crippen LogP) is 2.65. The molecule has 0 spiro atoms. The van der Waals surface area contributed by atoms with Crippen molar-refractivity contribution in [1.82, 2.24) is 5.01 Å². The summed E-state index contributed by atoms with van der Waals surface area (Å²) in [4.78, 5) is 0. The number of hydrazine groups is 1. The third-order valence-corrected chi connectivity index (χ3v) is 2.72. The summed E-state index contributed by atoms with van der Waals surface area (Å²) in [5.74, 6) is 0. The Morgan fingerprint density at radius 2 is 1.79 bits per heavy atom. The van der Waals surface area contributed by atoms with Crippen molar-refractivity contribution in [3.8, 4) is 0 Å². The van der Waals surface area contributed by atoms with Crippen LogP contribution in [-0.2, 0) is 0 Å². The molecule has 1 heterocycles. The number of rotatable bonds is 1. The summed E-state index contributed by atoms with van der Waals surface area (Å²) >= 11 is 0. The summed E-state index contributed by atoms with van der Waals surface area (Å²) in [6.07, 6.45) is 2.27. The lowest BCUT2D eigenvalue weighted by Crippen LogP contribution is -2.37. The molecule has 0 radical (unpaired) electrons. The maximum atomic E-state index is 2.27. The molecule has 1 aromatic rings. The Kier molecular flexibility index (Phi) is 2.30. The Morgan fingerprint density at radius 3 is 2.29 bits per heavy atom. The smallest absolute Gasteiger partial charge is 0.0576 e. The van der Waals surface area contributed by atoms with Crippen molar-refractivity contribution < 1.29 is 0 Å².